The van der Waals surface area contributed by atoms with Crippen molar-refractivity contribution in [1.29, 1.82) is 0 Å². The van der Waals surface area contributed by atoms with E-state index >= 15 is 0 Å². The number of carbonyl (C=O) groups is 3. The largest absolute Gasteiger partial charge is 0.507 e. The number of hydrogen-bond acceptors (Lipinski definition) is 9. The van der Waals surface area contributed by atoms with Gasteiger partial charge in [0.25, 0.3) is 5.78 Å². The second-order valence-corrected chi connectivity index (χ2v) is 11.3. The van der Waals surface area contributed by atoms with Gasteiger partial charge in [0.05, 0.1) is 37.1 Å². The zero-order valence-electron chi connectivity index (χ0n) is 24.5. The molecule has 0 spiro atoms. The number of carbonyl (C=O) groups excluding carboxylic acids is 3. The van der Waals surface area contributed by atoms with E-state index in [1.54, 1.807) is 55.5 Å². The van der Waals surface area contributed by atoms with Gasteiger partial charge in [-0.05, 0) is 68.1 Å². The molecule has 3 aromatic rings. The molecule has 1 aromatic heterocycles. The van der Waals surface area contributed by atoms with Crippen molar-refractivity contribution in [3.63, 3.8) is 0 Å². The molecule has 42 heavy (non-hydrogen) atoms. The van der Waals surface area contributed by atoms with Gasteiger partial charge in [0.1, 0.15) is 22.1 Å². The van der Waals surface area contributed by atoms with Gasteiger partial charge in [-0.2, -0.15) is 0 Å². The predicted octanol–water partition coefficient (Wildman–Crippen LogP) is 6.47. The first-order valence-electron chi connectivity index (χ1n) is 14.1. The number of nitrogens with zero attached hydrogens (tertiary/aromatic N) is 2. The Morgan fingerprint density at radius 2 is 1.67 bits per heavy atom. The van der Waals surface area contributed by atoms with E-state index in [4.69, 9.17) is 14.2 Å². The molecule has 1 atom stereocenters. The number of ketones is 1. The first kappa shape index (κ1) is 30.8. The Balaban J connectivity index is 1.78. The number of benzene rings is 2. The van der Waals surface area contributed by atoms with Gasteiger partial charge >= 0.3 is 11.9 Å². The maximum absolute atomic E-state index is 13.5. The predicted molar refractivity (Wildman–Crippen MR) is 161 cm³/mol. The summed E-state index contributed by atoms with van der Waals surface area (Å²) in [7, 11) is 0. The topological polar surface area (TPSA) is 115 Å². The van der Waals surface area contributed by atoms with Crippen LogP contribution in [0.1, 0.15) is 73.1 Å². The Labute approximate surface area is 249 Å². The number of amides is 1. The number of aliphatic hydroxyl groups is 1. The summed E-state index contributed by atoms with van der Waals surface area (Å²) in [5.74, 6) is -1.16. The van der Waals surface area contributed by atoms with Gasteiger partial charge in [-0.1, -0.05) is 50.7 Å². The van der Waals surface area contributed by atoms with Crippen molar-refractivity contribution in [2.45, 2.75) is 53.5 Å². The number of aryl methyl sites for hydroxylation is 1. The average Bonchev–Trinajstić information content (AvgIpc) is 3.48. The summed E-state index contributed by atoms with van der Waals surface area (Å²) in [6.45, 7) is 10.8. The molecule has 10 heteroatoms. The lowest BCUT2D eigenvalue weighted by Gasteiger charge is -2.23. The highest BCUT2D eigenvalue weighted by molar-refractivity contribution is 7.17. The first-order valence-corrected chi connectivity index (χ1v) is 14.9. The Hall–Kier alpha value is -4.18. The van der Waals surface area contributed by atoms with E-state index < -0.39 is 23.7 Å². The SMILES string of the molecule is CCCCOc1ccc(C(O)=C2C(=O)C(=O)N(c3nc(C)c(C(=O)OCC(C)C)s3)C2c2ccc(OCC)cc2)cc1. The van der Waals surface area contributed by atoms with E-state index in [9.17, 15) is 19.5 Å². The fraction of sp³-hybridized carbons (Fsp3) is 0.375. The number of aliphatic hydroxyl groups excluding tert-OH is 1. The molecule has 1 amide bonds. The van der Waals surface area contributed by atoms with E-state index in [1.807, 2.05) is 20.8 Å². The average molecular weight is 593 g/mol. The van der Waals surface area contributed by atoms with Crippen LogP contribution < -0.4 is 14.4 Å². The number of hydrogen-bond donors (Lipinski definition) is 1. The van der Waals surface area contributed by atoms with Crippen LogP contribution in [0.4, 0.5) is 5.13 Å². The molecule has 1 aliphatic heterocycles. The number of thiazole rings is 1. The third-order valence-corrected chi connectivity index (χ3v) is 7.71. The second kappa shape index (κ2) is 13.7. The molecular formula is C32H36N2O7S. The molecule has 4 rings (SSSR count). The number of esters is 1. The molecular weight excluding hydrogens is 556 g/mol. The minimum absolute atomic E-state index is 0.0828. The summed E-state index contributed by atoms with van der Waals surface area (Å²) in [4.78, 5) is 45.8. The molecule has 2 heterocycles. The monoisotopic (exact) mass is 592 g/mol. The molecule has 0 aliphatic carbocycles. The molecule has 0 bridgehead atoms. The molecule has 1 aliphatic rings. The standard InChI is InChI=1S/C32H36N2O7S/c1-6-8-17-40-24-15-11-22(12-16-24)27(35)25-26(21-9-13-23(14-10-21)39-7-2)34(30(37)28(25)36)32-33-20(5)29(42-32)31(38)41-18-19(3)4/h9-16,19,26,35H,6-8,17-18H2,1-5H3. The zero-order valence-corrected chi connectivity index (χ0v) is 25.3. The molecule has 0 radical (unpaired) electrons. The number of ether oxygens (including phenoxy) is 3. The number of anilines is 1. The molecule has 1 unspecified atom stereocenters. The molecule has 222 valence electrons. The Morgan fingerprint density at radius 3 is 2.29 bits per heavy atom. The zero-order chi connectivity index (χ0) is 30.4. The quantitative estimate of drug-likeness (QED) is 0.0837. The highest BCUT2D eigenvalue weighted by Gasteiger charge is 2.48. The van der Waals surface area contributed by atoms with Crippen molar-refractivity contribution in [3.8, 4) is 11.5 Å². The highest BCUT2D eigenvalue weighted by atomic mass is 32.1. The van der Waals surface area contributed by atoms with Gasteiger partial charge in [-0.15, -0.1) is 0 Å². The fourth-order valence-electron chi connectivity index (χ4n) is 4.44. The van der Waals surface area contributed by atoms with Gasteiger partial charge in [0, 0.05) is 5.56 Å². The summed E-state index contributed by atoms with van der Waals surface area (Å²) in [5, 5.41) is 11.6. The van der Waals surface area contributed by atoms with E-state index in [1.165, 1.54) is 4.90 Å². The van der Waals surface area contributed by atoms with Gasteiger partial charge < -0.3 is 19.3 Å². The molecule has 1 N–H and O–H groups in total. The maximum Gasteiger partial charge on any atom is 0.350 e. The van der Waals surface area contributed by atoms with Gasteiger partial charge in [-0.3, -0.25) is 14.5 Å². The Bertz CT molecular complexity index is 1460. The number of unbranched alkanes of at least 4 members (excludes halogenated alkanes) is 1. The third-order valence-electron chi connectivity index (χ3n) is 6.57. The maximum atomic E-state index is 13.5. The van der Waals surface area contributed by atoms with Crippen molar-refractivity contribution < 1.29 is 33.7 Å². The lowest BCUT2D eigenvalue weighted by molar-refractivity contribution is -0.132. The van der Waals surface area contributed by atoms with Crippen LogP contribution in [0.25, 0.3) is 5.76 Å². The van der Waals surface area contributed by atoms with Crippen LogP contribution in [0.2, 0.25) is 0 Å². The lowest BCUT2D eigenvalue weighted by Crippen LogP contribution is -2.29. The van der Waals surface area contributed by atoms with Crippen molar-refractivity contribution in [2.75, 3.05) is 24.7 Å². The summed E-state index contributed by atoms with van der Waals surface area (Å²) < 4.78 is 16.7. The number of Topliss-reactive ketones (excluding diaryl/α,β-unsaturated/α-hetero) is 1. The van der Waals surface area contributed by atoms with Crippen LogP contribution in [-0.2, 0) is 14.3 Å². The van der Waals surface area contributed by atoms with Crippen LogP contribution in [0, 0.1) is 12.8 Å². The highest BCUT2D eigenvalue weighted by Crippen LogP contribution is 2.44. The van der Waals surface area contributed by atoms with Gasteiger partial charge in [-0.25, -0.2) is 9.78 Å². The van der Waals surface area contributed by atoms with E-state index in [2.05, 4.69) is 11.9 Å². The first-order chi connectivity index (χ1) is 20.2. The number of rotatable bonds is 12. The van der Waals surface area contributed by atoms with E-state index in [0.717, 1.165) is 24.2 Å². The van der Waals surface area contributed by atoms with Crippen molar-refractivity contribution >= 4 is 39.9 Å². The van der Waals surface area contributed by atoms with Crippen LogP contribution in [0.15, 0.2) is 54.1 Å². The smallest absolute Gasteiger partial charge is 0.350 e. The summed E-state index contributed by atoms with van der Waals surface area (Å²) in [6.07, 6.45) is 1.92. The van der Waals surface area contributed by atoms with Gasteiger partial charge in [0.15, 0.2) is 5.13 Å². The minimum atomic E-state index is -0.994. The molecule has 0 saturated carbocycles. The van der Waals surface area contributed by atoms with Crippen molar-refractivity contribution in [3.05, 3.63) is 75.8 Å². The third kappa shape index (κ3) is 6.65. The summed E-state index contributed by atoms with van der Waals surface area (Å²) >= 11 is 0.975. The van der Waals surface area contributed by atoms with E-state index in [-0.39, 0.29) is 33.9 Å². The Morgan fingerprint density at radius 1 is 1.02 bits per heavy atom. The second-order valence-electron chi connectivity index (χ2n) is 10.3. The van der Waals surface area contributed by atoms with Crippen LogP contribution in [0.3, 0.4) is 0 Å². The lowest BCUT2D eigenvalue weighted by atomic mass is 9.95. The molecule has 1 saturated heterocycles. The Kier molecular flexibility index (Phi) is 10.0. The molecule has 9 nitrogen and oxygen atoms in total. The van der Waals surface area contributed by atoms with E-state index in [0.29, 0.717) is 41.5 Å². The van der Waals surface area contributed by atoms with Gasteiger partial charge in [0.2, 0.25) is 0 Å². The summed E-state index contributed by atoms with van der Waals surface area (Å²) in [5.41, 5.74) is 1.23. The minimum Gasteiger partial charge on any atom is -0.507 e. The number of aromatic nitrogens is 1. The van der Waals surface area contributed by atoms with Crippen LogP contribution in [0.5, 0.6) is 11.5 Å². The summed E-state index contributed by atoms with van der Waals surface area (Å²) in [6, 6.07) is 12.7. The van der Waals surface area contributed by atoms with Crippen LogP contribution >= 0.6 is 11.3 Å². The van der Waals surface area contributed by atoms with Crippen molar-refractivity contribution in [1.82, 2.24) is 4.98 Å². The fourth-order valence-corrected chi connectivity index (χ4v) is 5.43. The van der Waals surface area contributed by atoms with Crippen LogP contribution in [-0.4, -0.2) is 47.6 Å². The normalized spacial score (nSPS) is 16.2. The van der Waals surface area contributed by atoms with Crippen molar-refractivity contribution in [2.24, 2.45) is 5.92 Å². The molecule has 2 aromatic carbocycles. The molecule has 1 fully saturated rings.